The lowest BCUT2D eigenvalue weighted by Gasteiger charge is -2.05. The van der Waals surface area contributed by atoms with Gasteiger partial charge in [-0.15, -0.1) is 10.2 Å². The zero-order valence-electron chi connectivity index (χ0n) is 15.5. The monoisotopic (exact) mass is 406 g/mol. The Hall–Kier alpha value is -2.77. The second kappa shape index (κ2) is 8.08. The molecule has 4 aromatic rings. The van der Waals surface area contributed by atoms with E-state index in [-0.39, 0.29) is 11.7 Å². The highest BCUT2D eigenvalue weighted by molar-refractivity contribution is 7.99. The number of aromatic nitrogens is 3. The fourth-order valence-corrected chi connectivity index (χ4v) is 4.17. The number of thiazole rings is 1. The minimum Gasteiger partial charge on any atom is -0.301 e. The highest BCUT2D eigenvalue weighted by Crippen LogP contribution is 2.26. The molecule has 0 atom stereocenters. The Morgan fingerprint density at radius 2 is 1.89 bits per heavy atom. The summed E-state index contributed by atoms with van der Waals surface area (Å²) in [5.74, 6) is 0.150. The molecule has 4 rings (SSSR count). The van der Waals surface area contributed by atoms with E-state index in [1.54, 1.807) is 0 Å². The quantitative estimate of drug-likeness (QED) is 0.467. The van der Waals surface area contributed by atoms with Gasteiger partial charge in [0.25, 0.3) is 0 Å². The first-order valence-electron chi connectivity index (χ1n) is 8.78. The fourth-order valence-electron chi connectivity index (χ4n) is 2.67. The molecule has 0 spiro atoms. The van der Waals surface area contributed by atoms with Gasteiger partial charge in [0.1, 0.15) is 5.03 Å². The first-order valence-corrected chi connectivity index (χ1v) is 10.6. The van der Waals surface area contributed by atoms with E-state index in [0.717, 1.165) is 21.5 Å². The van der Waals surface area contributed by atoms with Gasteiger partial charge in [0, 0.05) is 5.56 Å². The van der Waals surface area contributed by atoms with E-state index in [2.05, 4.69) is 46.5 Å². The molecule has 0 saturated carbocycles. The lowest BCUT2D eigenvalue weighted by molar-refractivity contribution is -0.113. The highest BCUT2D eigenvalue weighted by Gasteiger charge is 2.09. The number of amides is 1. The smallest absolute Gasteiger partial charge is 0.236 e. The van der Waals surface area contributed by atoms with Crippen molar-refractivity contribution in [3.8, 4) is 11.3 Å². The van der Waals surface area contributed by atoms with E-state index >= 15 is 0 Å². The van der Waals surface area contributed by atoms with Gasteiger partial charge in [0.05, 0.1) is 21.7 Å². The third kappa shape index (κ3) is 4.21. The van der Waals surface area contributed by atoms with Gasteiger partial charge in [0.15, 0.2) is 5.13 Å². The molecule has 28 heavy (non-hydrogen) atoms. The number of thioether (sulfide) groups is 1. The molecule has 0 saturated heterocycles. The van der Waals surface area contributed by atoms with Crippen LogP contribution in [-0.4, -0.2) is 26.8 Å². The number of fused-ring (bicyclic) bond motifs is 1. The summed E-state index contributed by atoms with van der Waals surface area (Å²) in [6.45, 7) is 4.17. The van der Waals surface area contributed by atoms with Gasteiger partial charge >= 0.3 is 0 Å². The van der Waals surface area contributed by atoms with Gasteiger partial charge < -0.3 is 5.32 Å². The molecule has 1 amide bonds. The van der Waals surface area contributed by atoms with E-state index in [4.69, 9.17) is 0 Å². The third-order valence-electron chi connectivity index (χ3n) is 4.33. The number of nitrogens with zero attached hydrogens (tertiary/aromatic N) is 3. The van der Waals surface area contributed by atoms with Crippen molar-refractivity contribution in [3.63, 3.8) is 0 Å². The molecule has 0 fully saturated rings. The van der Waals surface area contributed by atoms with Crippen LogP contribution in [0.2, 0.25) is 0 Å². The average Bonchev–Trinajstić information content (AvgIpc) is 3.11. The van der Waals surface area contributed by atoms with Crippen LogP contribution in [0.15, 0.2) is 59.6 Å². The molecule has 0 unspecified atom stereocenters. The van der Waals surface area contributed by atoms with Crippen LogP contribution in [-0.2, 0) is 4.79 Å². The summed E-state index contributed by atoms with van der Waals surface area (Å²) in [5, 5.41) is 12.7. The van der Waals surface area contributed by atoms with E-state index in [1.165, 1.54) is 34.2 Å². The molecule has 0 aliphatic rings. The average molecular weight is 407 g/mol. The molecule has 0 bridgehead atoms. The number of rotatable bonds is 5. The molecule has 2 aromatic carbocycles. The highest BCUT2D eigenvalue weighted by atomic mass is 32.2. The van der Waals surface area contributed by atoms with Crippen LogP contribution in [0.25, 0.3) is 21.5 Å². The number of para-hydroxylation sites is 1. The number of carbonyl (C=O) groups is 1. The molecule has 0 radical (unpaired) electrons. The van der Waals surface area contributed by atoms with E-state index in [0.29, 0.717) is 10.2 Å². The number of nitrogens with one attached hydrogen (secondary N) is 1. The van der Waals surface area contributed by atoms with Gasteiger partial charge in [-0.3, -0.25) is 4.79 Å². The van der Waals surface area contributed by atoms with Crippen molar-refractivity contribution in [3.05, 3.63) is 65.7 Å². The van der Waals surface area contributed by atoms with Crippen molar-refractivity contribution in [2.45, 2.75) is 18.9 Å². The van der Waals surface area contributed by atoms with Crippen molar-refractivity contribution in [1.82, 2.24) is 15.2 Å². The Balaban J connectivity index is 1.36. The summed E-state index contributed by atoms with van der Waals surface area (Å²) in [6.07, 6.45) is 0. The van der Waals surface area contributed by atoms with Crippen LogP contribution in [0.3, 0.4) is 0 Å². The summed E-state index contributed by atoms with van der Waals surface area (Å²) >= 11 is 2.82. The number of benzene rings is 2. The summed E-state index contributed by atoms with van der Waals surface area (Å²) in [7, 11) is 0. The molecular weight excluding hydrogens is 388 g/mol. The number of hydrogen-bond acceptors (Lipinski definition) is 6. The Morgan fingerprint density at radius 3 is 2.64 bits per heavy atom. The van der Waals surface area contributed by atoms with Crippen molar-refractivity contribution in [2.24, 2.45) is 0 Å². The minimum atomic E-state index is -0.107. The van der Waals surface area contributed by atoms with Crippen molar-refractivity contribution < 1.29 is 4.79 Å². The van der Waals surface area contributed by atoms with Crippen LogP contribution in [0.4, 0.5) is 5.13 Å². The van der Waals surface area contributed by atoms with Gasteiger partial charge in [0.2, 0.25) is 5.91 Å². The van der Waals surface area contributed by atoms with Crippen molar-refractivity contribution in [2.75, 3.05) is 11.1 Å². The number of carbonyl (C=O) groups excluding carboxylic acids is 1. The predicted molar refractivity (Wildman–Crippen MR) is 116 cm³/mol. The molecule has 1 N–H and O–H groups in total. The normalized spacial score (nSPS) is 10.9. The summed E-state index contributed by atoms with van der Waals surface area (Å²) in [5.41, 5.74) is 5.24. The Bertz CT molecular complexity index is 1110. The maximum absolute atomic E-state index is 12.2. The zero-order valence-corrected chi connectivity index (χ0v) is 17.1. The van der Waals surface area contributed by atoms with Crippen molar-refractivity contribution >= 4 is 44.4 Å². The van der Waals surface area contributed by atoms with Crippen LogP contribution in [0.1, 0.15) is 11.1 Å². The SMILES string of the molecule is Cc1ccc(-c2ccc(SCC(=O)Nc3nc4ccccc4s3)nn2)cc1C. The third-order valence-corrected chi connectivity index (χ3v) is 6.21. The van der Waals surface area contributed by atoms with Crippen LogP contribution in [0.5, 0.6) is 0 Å². The Morgan fingerprint density at radius 1 is 1.04 bits per heavy atom. The molecule has 0 aliphatic heterocycles. The molecule has 140 valence electrons. The van der Waals surface area contributed by atoms with Gasteiger partial charge in [-0.05, 0) is 55.3 Å². The molecule has 2 heterocycles. The fraction of sp³-hybridized carbons (Fsp3) is 0.143. The summed E-state index contributed by atoms with van der Waals surface area (Å²) < 4.78 is 1.05. The summed E-state index contributed by atoms with van der Waals surface area (Å²) in [6, 6.07) is 17.9. The molecular formula is C21H18N4OS2. The van der Waals surface area contributed by atoms with Crippen molar-refractivity contribution in [1.29, 1.82) is 0 Å². The first-order chi connectivity index (χ1) is 13.6. The Kier molecular flexibility index (Phi) is 5.36. The molecule has 7 heteroatoms. The van der Waals surface area contributed by atoms with Crippen LogP contribution in [0, 0.1) is 13.8 Å². The van der Waals surface area contributed by atoms with Crippen LogP contribution < -0.4 is 5.32 Å². The van der Waals surface area contributed by atoms with Gasteiger partial charge in [-0.1, -0.05) is 47.4 Å². The molecule has 5 nitrogen and oxygen atoms in total. The standard InChI is InChI=1S/C21H18N4OS2/c1-13-7-8-15(11-14(13)2)16-9-10-20(25-24-16)27-12-19(26)23-21-22-17-5-3-4-6-18(17)28-21/h3-11H,12H2,1-2H3,(H,22,23,26). The second-order valence-corrected chi connectivity index (χ2v) is 8.41. The zero-order chi connectivity index (χ0) is 19.5. The Labute approximate surface area is 171 Å². The lowest BCUT2D eigenvalue weighted by Crippen LogP contribution is -2.13. The molecule has 0 aliphatic carbocycles. The number of hydrogen-bond donors (Lipinski definition) is 1. The number of anilines is 1. The second-order valence-electron chi connectivity index (χ2n) is 6.38. The van der Waals surface area contributed by atoms with E-state index in [1.807, 2.05) is 42.5 Å². The lowest BCUT2D eigenvalue weighted by atomic mass is 10.0. The maximum atomic E-state index is 12.2. The molecule has 2 aromatic heterocycles. The minimum absolute atomic E-state index is 0.107. The van der Waals surface area contributed by atoms with E-state index < -0.39 is 0 Å². The summed E-state index contributed by atoms with van der Waals surface area (Å²) in [4.78, 5) is 16.6. The number of aryl methyl sites for hydroxylation is 2. The van der Waals surface area contributed by atoms with Gasteiger partial charge in [-0.2, -0.15) is 0 Å². The first kappa shape index (κ1) is 18.6. The topological polar surface area (TPSA) is 67.8 Å². The van der Waals surface area contributed by atoms with Gasteiger partial charge in [-0.25, -0.2) is 4.98 Å². The maximum Gasteiger partial charge on any atom is 0.236 e. The van der Waals surface area contributed by atoms with E-state index in [9.17, 15) is 4.79 Å². The predicted octanol–water partition coefficient (Wildman–Crippen LogP) is 5.10. The largest absolute Gasteiger partial charge is 0.301 e. The van der Waals surface area contributed by atoms with Crippen LogP contribution >= 0.6 is 23.1 Å².